The van der Waals surface area contributed by atoms with Gasteiger partial charge in [0.2, 0.25) is 10.0 Å². The van der Waals surface area contributed by atoms with Gasteiger partial charge in [0.15, 0.2) is 6.10 Å². The van der Waals surface area contributed by atoms with Crippen LogP contribution in [0.1, 0.15) is 46.1 Å². The van der Waals surface area contributed by atoms with Crippen molar-refractivity contribution in [3.05, 3.63) is 47.3 Å². The average Bonchev–Trinajstić information content (AvgIpc) is 3.23. The highest BCUT2D eigenvalue weighted by Crippen LogP contribution is 2.25. The zero-order chi connectivity index (χ0) is 21.9. The molecule has 1 saturated heterocycles. The number of nitrogens with one attached hydrogen (secondary N) is 1. The lowest BCUT2D eigenvalue weighted by Crippen LogP contribution is -2.49. The maximum atomic E-state index is 12.8. The number of rotatable bonds is 6. The van der Waals surface area contributed by atoms with E-state index in [4.69, 9.17) is 4.74 Å². The van der Waals surface area contributed by atoms with Gasteiger partial charge < -0.3 is 9.64 Å². The maximum absolute atomic E-state index is 12.8. The highest BCUT2D eigenvalue weighted by atomic mass is 32.2. The molecular formula is C22H30N2O4S2. The van der Waals surface area contributed by atoms with Crippen molar-refractivity contribution in [1.82, 2.24) is 9.62 Å². The van der Waals surface area contributed by atoms with Crippen molar-refractivity contribution in [3.8, 4) is 5.75 Å². The van der Waals surface area contributed by atoms with Crippen molar-refractivity contribution in [3.63, 3.8) is 0 Å². The molecule has 0 aliphatic carbocycles. The molecule has 0 spiro atoms. The van der Waals surface area contributed by atoms with Gasteiger partial charge >= 0.3 is 0 Å². The van der Waals surface area contributed by atoms with Crippen LogP contribution >= 0.6 is 11.3 Å². The van der Waals surface area contributed by atoms with Gasteiger partial charge in [-0.15, -0.1) is 11.3 Å². The number of hydrogen-bond acceptors (Lipinski definition) is 5. The van der Waals surface area contributed by atoms with Crippen molar-refractivity contribution in [2.24, 2.45) is 0 Å². The lowest BCUT2D eigenvalue weighted by Gasteiger charge is -2.33. The van der Waals surface area contributed by atoms with E-state index in [1.165, 1.54) is 16.9 Å². The van der Waals surface area contributed by atoms with Crippen molar-refractivity contribution in [2.75, 3.05) is 13.1 Å². The summed E-state index contributed by atoms with van der Waals surface area (Å²) in [7, 11) is -3.49. The molecule has 1 aliphatic rings. The summed E-state index contributed by atoms with van der Waals surface area (Å²) in [4.78, 5) is 14.5. The first-order valence-electron chi connectivity index (χ1n) is 10.2. The fourth-order valence-electron chi connectivity index (χ4n) is 3.46. The van der Waals surface area contributed by atoms with Crippen LogP contribution in [0.5, 0.6) is 5.75 Å². The van der Waals surface area contributed by atoms with Gasteiger partial charge in [0.25, 0.3) is 5.91 Å². The first-order chi connectivity index (χ1) is 14.1. The summed E-state index contributed by atoms with van der Waals surface area (Å²) in [5, 5.41) is 1.74. The first-order valence-corrected chi connectivity index (χ1v) is 12.5. The standard InChI is InChI=1S/C22H30N2O4S2/c1-16(28-19-9-7-17(8-10-19)22(2,3)4)21(25)24-13-11-18(12-14-24)23-30(26,27)20-6-5-15-29-20/h5-10,15-16,18,23H,11-14H2,1-4H3/t16-/m1/s1. The first kappa shape index (κ1) is 22.8. The summed E-state index contributed by atoms with van der Waals surface area (Å²) in [6.45, 7) is 9.23. The van der Waals surface area contributed by atoms with Crippen LogP contribution < -0.4 is 9.46 Å². The van der Waals surface area contributed by atoms with Crippen LogP contribution in [0, 0.1) is 0 Å². The Labute approximate surface area is 183 Å². The molecule has 8 heteroatoms. The fraction of sp³-hybridized carbons (Fsp3) is 0.500. The lowest BCUT2D eigenvalue weighted by atomic mass is 9.87. The van der Waals surface area contributed by atoms with Gasteiger partial charge in [-0.1, -0.05) is 39.0 Å². The third-order valence-electron chi connectivity index (χ3n) is 5.27. The normalized spacial score (nSPS) is 17.0. The topological polar surface area (TPSA) is 75.7 Å². The average molecular weight is 451 g/mol. The molecule has 0 unspecified atom stereocenters. The smallest absolute Gasteiger partial charge is 0.263 e. The Morgan fingerprint density at radius 1 is 1.17 bits per heavy atom. The molecule has 0 bridgehead atoms. The highest BCUT2D eigenvalue weighted by Gasteiger charge is 2.29. The molecule has 2 aromatic rings. The second kappa shape index (κ2) is 9.08. The molecule has 1 aliphatic heterocycles. The number of likely N-dealkylation sites (tertiary alicyclic amines) is 1. The third kappa shape index (κ3) is 5.62. The fourth-order valence-corrected chi connectivity index (χ4v) is 5.77. The number of carbonyl (C=O) groups is 1. The zero-order valence-electron chi connectivity index (χ0n) is 17.9. The van der Waals surface area contributed by atoms with Gasteiger partial charge in [-0.25, -0.2) is 13.1 Å². The van der Waals surface area contributed by atoms with Crippen LogP contribution in [-0.2, 0) is 20.2 Å². The van der Waals surface area contributed by atoms with Crippen molar-refractivity contribution in [1.29, 1.82) is 0 Å². The minimum atomic E-state index is -3.49. The molecular weight excluding hydrogens is 420 g/mol. The Hall–Kier alpha value is -1.90. The Bertz CT molecular complexity index is 940. The predicted octanol–water partition coefficient (Wildman–Crippen LogP) is 3.78. The monoisotopic (exact) mass is 450 g/mol. The van der Waals surface area contributed by atoms with E-state index in [1.54, 1.807) is 29.3 Å². The summed E-state index contributed by atoms with van der Waals surface area (Å²) in [6.07, 6.45) is 0.581. The van der Waals surface area contributed by atoms with E-state index in [9.17, 15) is 13.2 Å². The molecule has 1 aromatic carbocycles. The van der Waals surface area contributed by atoms with E-state index in [0.717, 1.165) is 0 Å². The van der Waals surface area contributed by atoms with Crippen LogP contribution in [0.2, 0.25) is 0 Å². The molecule has 1 amide bonds. The molecule has 164 valence electrons. The Morgan fingerprint density at radius 3 is 2.33 bits per heavy atom. The third-order valence-corrected chi connectivity index (χ3v) is 8.19. The van der Waals surface area contributed by atoms with E-state index in [1.807, 2.05) is 24.3 Å². The van der Waals surface area contributed by atoms with E-state index in [0.29, 0.717) is 35.9 Å². The van der Waals surface area contributed by atoms with Gasteiger partial charge in [0, 0.05) is 19.1 Å². The zero-order valence-corrected chi connectivity index (χ0v) is 19.6. The summed E-state index contributed by atoms with van der Waals surface area (Å²) in [5.41, 5.74) is 1.27. The van der Waals surface area contributed by atoms with E-state index >= 15 is 0 Å². The second-order valence-electron chi connectivity index (χ2n) is 8.69. The Kier molecular flexibility index (Phi) is 6.89. The number of ether oxygens (including phenoxy) is 1. The largest absolute Gasteiger partial charge is 0.481 e. The van der Waals surface area contributed by atoms with E-state index in [-0.39, 0.29) is 17.4 Å². The molecule has 30 heavy (non-hydrogen) atoms. The van der Waals surface area contributed by atoms with E-state index in [2.05, 4.69) is 25.5 Å². The van der Waals surface area contributed by atoms with E-state index < -0.39 is 16.1 Å². The molecule has 2 heterocycles. The maximum Gasteiger partial charge on any atom is 0.263 e. The minimum Gasteiger partial charge on any atom is -0.481 e. The van der Waals surface area contributed by atoms with Gasteiger partial charge in [-0.3, -0.25) is 4.79 Å². The molecule has 0 radical (unpaired) electrons. The molecule has 3 rings (SSSR count). The van der Waals surface area contributed by atoms with Crippen molar-refractivity contribution in [2.45, 2.75) is 62.3 Å². The number of thiophene rings is 1. The van der Waals surface area contributed by atoms with Crippen LogP contribution in [0.4, 0.5) is 0 Å². The summed E-state index contributed by atoms with van der Waals surface area (Å²) < 4.78 is 33.7. The number of nitrogens with zero attached hydrogens (tertiary/aromatic N) is 1. The van der Waals surface area contributed by atoms with Crippen molar-refractivity contribution < 1.29 is 17.9 Å². The van der Waals surface area contributed by atoms with Crippen LogP contribution in [-0.4, -0.2) is 44.5 Å². The minimum absolute atomic E-state index is 0.0648. The summed E-state index contributed by atoms with van der Waals surface area (Å²) in [6, 6.07) is 11.0. The van der Waals surface area contributed by atoms with Gasteiger partial charge in [-0.2, -0.15) is 0 Å². The van der Waals surface area contributed by atoms with Crippen molar-refractivity contribution >= 4 is 27.3 Å². The number of benzene rings is 1. The highest BCUT2D eigenvalue weighted by molar-refractivity contribution is 7.91. The predicted molar refractivity (Wildman–Crippen MR) is 119 cm³/mol. The molecule has 6 nitrogen and oxygen atoms in total. The lowest BCUT2D eigenvalue weighted by molar-refractivity contribution is -0.139. The summed E-state index contributed by atoms with van der Waals surface area (Å²) in [5.74, 6) is 0.594. The second-order valence-corrected chi connectivity index (χ2v) is 11.6. The molecule has 1 N–H and O–H groups in total. The number of hydrogen-bond donors (Lipinski definition) is 1. The van der Waals surface area contributed by atoms with Crippen LogP contribution in [0.3, 0.4) is 0 Å². The molecule has 0 saturated carbocycles. The van der Waals surface area contributed by atoms with Gasteiger partial charge in [0.05, 0.1) is 0 Å². The van der Waals surface area contributed by atoms with Gasteiger partial charge in [-0.05, 0) is 54.3 Å². The number of sulfonamides is 1. The summed E-state index contributed by atoms with van der Waals surface area (Å²) >= 11 is 1.20. The number of piperidine rings is 1. The SMILES string of the molecule is C[C@@H](Oc1ccc(C(C)(C)C)cc1)C(=O)N1CCC(NS(=O)(=O)c2cccs2)CC1. The Balaban J connectivity index is 1.51. The molecule has 1 aromatic heterocycles. The Morgan fingerprint density at radius 2 is 1.80 bits per heavy atom. The van der Waals surface area contributed by atoms with Gasteiger partial charge in [0.1, 0.15) is 9.96 Å². The number of carbonyl (C=O) groups excluding carboxylic acids is 1. The van der Waals surface area contributed by atoms with Crippen LogP contribution in [0.15, 0.2) is 46.0 Å². The molecule has 1 atom stereocenters. The van der Waals surface area contributed by atoms with Crippen LogP contribution in [0.25, 0.3) is 0 Å². The molecule has 1 fully saturated rings. The number of amides is 1. The quantitative estimate of drug-likeness (QED) is 0.727.